The monoisotopic (exact) mass is 337 g/mol. The molecular weight excluding hydrogens is 313 g/mol. The van der Waals surface area contributed by atoms with Crippen molar-refractivity contribution in [2.45, 2.75) is 40.3 Å². The Hall–Kier alpha value is -2.67. The van der Waals surface area contributed by atoms with Crippen LogP contribution in [0.1, 0.15) is 59.8 Å². The molecule has 0 saturated heterocycles. The van der Waals surface area contributed by atoms with E-state index in [1.165, 1.54) is 6.92 Å². The van der Waals surface area contributed by atoms with E-state index in [1.807, 2.05) is 32.9 Å². The molecule has 0 amide bonds. The lowest BCUT2D eigenvalue weighted by molar-refractivity contribution is 0.374. The smallest absolute Gasteiger partial charge is 0.125 e. The highest BCUT2D eigenvalue weighted by molar-refractivity contribution is 5.85. The Bertz CT molecular complexity index is 845. The minimum atomic E-state index is -1.14. The average molecular weight is 337 g/mol. The summed E-state index contributed by atoms with van der Waals surface area (Å²) in [5, 5.41) is 12.4. The minimum Gasteiger partial charge on any atom is -0.387 e. The normalized spacial score (nSPS) is 12.6. The maximum absolute atomic E-state index is 14.4. The molecule has 0 spiro atoms. The lowest BCUT2D eigenvalue weighted by Crippen LogP contribution is -2.05. The van der Waals surface area contributed by atoms with Gasteiger partial charge in [0.15, 0.2) is 0 Å². The molecule has 1 unspecified atom stereocenters. The molecule has 0 fully saturated rings. The fraction of sp³-hybridized carbons (Fsp3) is 0.333. The summed E-state index contributed by atoms with van der Waals surface area (Å²) >= 11 is 0. The van der Waals surface area contributed by atoms with Gasteiger partial charge in [0, 0.05) is 24.4 Å². The number of hydrogen-bond donors (Lipinski definition) is 1. The average Bonchev–Trinajstić information content (AvgIpc) is 2.59. The molecule has 25 heavy (non-hydrogen) atoms. The number of pyridine rings is 1. The fourth-order valence-electron chi connectivity index (χ4n) is 3.14. The molecule has 0 bridgehead atoms. The summed E-state index contributed by atoms with van der Waals surface area (Å²) in [7, 11) is 1.76. The van der Waals surface area contributed by atoms with Crippen molar-refractivity contribution >= 4 is 11.3 Å². The van der Waals surface area contributed by atoms with Crippen LogP contribution >= 0.6 is 0 Å². The van der Waals surface area contributed by atoms with Crippen molar-refractivity contribution in [2.75, 3.05) is 12.4 Å². The number of nitrogens with zero attached hydrogens (tertiary/aromatic N) is 2. The fourth-order valence-corrected chi connectivity index (χ4v) is 3.14. The van der Waals surface area contributed by atoms with Gasteiger partial charge in [-0.25, -0.2) is 4.39 Å². The quantitative estimate of drug-likeness (QED) is 0.785. The lowest BCUT2D eigenvalue weighted by Gasteiger charge is -2.19. The highest BCUT2D eigenvalue weighted by Gasteiger charge is 2.20. The zero-order valence-electron chi connectivity index (χ0n) is 15.4. The maximum Gasteiger partial charge on any atom is 0.125 e. The van der Waals surface area contributed by atoms with Gasteiger partial charge in [-0.05, 0) is 55.5 Å². The van der Waals surface area contributed by atoms with Crippen molar-refractivity contribution in [1.29, 1.82) is 5.26 Å². The summed E-state index contributed by atoms with van der Waals surface area (Å²) in [4.78, 5) is 4.28. The van der Waals surface area contributed by atoms with E-state index in [0.29, 0.717) is 16.8 Å². The number of rotatable bonds is 5. The van der Waals surface area contributed by atoms with Crippen LogP contribution in [0.15, 0.2) is 30.6 Å². The summed E-state index contributed by atoms with van der Waals surface area (Å²) in [5.74, 6) is 0. The molecule has 2 rings (SSSR count). The summed E-state index contributed by atoms with van der Waals surface area (Å²) in [5.41, 5.74) is 6.54. The Morgan fingerprint density at radius 1 is 1.28 bits per heavy atom. The largest absolute Gasteiger partial charge is 0.387 e. The third kappa shape index (κ3) is 3.71. The molecule has 0 saturated carbocycles. The van der Waals surface area contributed by atoms with Gasteiger partial charge in [0.1, 0.15) is 6.17 Å². The van der Waals surface area contributed by atoms with E-state index < -0.39 is 6.17 Å². The highest BCUT2D eigenvalue weighted by atomic mass is 19.1. The molecule has 1 aromatic carbocycles. The van der Waals surface area contributed by atoms with Crippen LogP contribution < -0.4 is 5.32 Å². The van der Waals surface area contributed by atoms with Crippen molar-refractivity contribution in [3.05, 3.63) is 64.0 Å². The Morgan fingerprint density at radius 3 is 2.56 bits per heavy atom. The summed E-state index contributed by atoms with van der Waals surface area (Å²) in [6, 6.07) is 6.14. The van der Waals surface area contributed by atoms with Gasteiger partial charge in [-0.3, -0.25) is 4.98 Å². The number of anilines is 1. The molecule has 0 aliphatic rings. The van der Waals surface area contributed by atoms with E-state index in [4.69, 9.17) is 0 Å². The lowest BCUT2D eigenvalue weighted by atomic mass is 9.88. The van der Waals surface area contributed by atoms with Crippen LogP contribution in [0.3, 0.4) is 0 Å². The number of hydrogen-bond acceptors (Lipinski definition) is 3. The predicted molar refractivity (Wildman–Crippen MR) is 101 cm³/mol. The first-order valence-electron chi connectivity index (χ1n) is 8.46. The van der Waals surface area contributed by atoms with Gasteiger partial charge in [0.25, 0.3) is 0 Å². The van der Waals surface area contributed by atoms with Gasteiger partial charge < -0.3 is 5.32 Å². The van der Waals surface area contributed by atoms with Crippen molar-refractivity contribution in [2.24, 2.45) is 0 Å². The number of aromatic nitrogens is 1. The Balaban J connectivity index is 2.79. The molecule has 1 N–H and O–H groups in total. The zero-order valence-corrected chi connectivity index (χ0v) is 15.4. The van der Waals surface area contributed by atoms with E-state index in [2.05, 4.69) is 22.4 Å². The second-order valence-electron chi connectivity index (χ2n) is 6.13. The first-order valence-corrected chi connectivity index (χ1v) is 8.46. The molecule has 0 aliphatic carbocycles. The van der Waals surface area contributed by atoms with E-state index >= 15 is 0 Å². The van der Waals surface area contributed by atoms with Crippen LogP contribution in [0.25, 0.3) is 5.57 Å². The van der Waals surface area contributed by atoms with E-state index in [9.17, 15) is 9.65 Å². The number of halogens is 1. The molecule has 1 atom stereocenters. The maximum atomic E-state index is 14.4. The van der Waals surface area contributed by atoms with Gasteiger partial charge in [-0.2, -0.15) is 5.26 Å². The van der Waals surface area contributed by atoms with Gasteiger partial charge in [-0.1, -0.05) is 19.1 Å². The molecule has 0 radical (unpaired) electrons. The van der Waals surface area contributed by atoms with Crippen LogP contribution in [0.4, 0.5) is 10.1 Å². The number of benzene rings is 1. The van der Waals surface area contributed by atoms with Gasteiger partial charge >= 0.3 is 0 Å². The van der Waals surface area contributed by atoms with Crippen molar-refractivity contribution < 1.29 is 4.39 Å². The van der Waals surface area contributed by atoms with Gasteiger partial charge in [0.05, 0.1) is 23.5 Å². The third-order valence-electron chi connectivity index (χ3n) is 4.34. The molecule has 1 aromatic heterocycles. The molecule has 4 heteroatoms. The number of allylic oxidation sites excluding steroid dienone is 1. The number of nitrogens with one attached hydrogen (secondary N) is 1. The molecule has 1 heterocycles. The Kier molecular flexibility index (Phi) is 5.93. The van der Waals surface area contributed by atoms with Crippen LogP contribution in [-0.2, 0) is 0 Å². The first kappa shape index (κ1) is 18.7. The van der Waals surface area contributed by atoms with Gasteiger partial charge in [0.2, 0.25) is 0 Å². The molecule has 3 nitrogen and oxygen atoms in total. The molecule has 130 valence electrons. The topological polar surface area (TPSA) is 48.7 Å². The van der Waals surface area contributed by atoms with Crippen LogP contribution in [-0.4, -0.2) is 12.0 Å². The summed E-state index contributed by atoms with van der Waals surface area (Å²) < 4.78 is 14.4. The molecular formula is C21H24FN3. The van der Waals surface area contributed by atoms with E-state index in [0.717, 1.165) is 34.2 Å². The number of aryl methyl sites for hydroxylation is 2. The predicted octanol–water partition coefficient (Wildman–Crippen LogP) is 5.48. The zero-order chi connectivity index (χ0) is 18.6. The van der Waals surface area contributed by atoms with Crippen molar-refractivity contribution in [1.82, 2.24) is 4.98 Å². The van der Waals surface area contributed by atoms with E-state index in [1.54, 1.807) is 19.4 Å². The van der Waals surface area contributed by atoms with Crippen LogP contribution in [0, 0.1) is 25.2 Å². The molecule has 2 aromatic rings. The second kappa shape index (κ2) is 7.94. The van der Waals surface area contributed by atoms with Gasteiger partial charge in [-0.15, -0.1) is 0 Å². The third-order valence-corrected chi connectivity index (χ3v) is 4.34. The van der Waals surface area contributed by atoms with E-state index in [-0.39, 0.29) is 0 Å². The first-order chi connectivity index (χ1) is 11.9. The summed E-state index contributed by atoms with van der Waals surface area (Å²) in [6.45, 7) is 7.52. The van der Waals surface area contributed by atoms with Crippen molar-refractivity contribution in [3.8, 4) is 6.07 Å². The SMILES string of the molecule is CC/C=C(\c1cc(C#N)c(C)cc1C)c1cncc(NC)c1C(C)F. The number of nitriles is 1. The Labute approximate surface area is 149 Å². The summed E-state index contributed by atoms with van der Waals surface area (Å²) in [6.07, 6.45) is 5.08. The standard InChI is InChI=1S/C21H24FN3/c1-6-7-17(18-9-16(10-23)13(2)8-14(18)3)19-11-25-12-20(24-5)21(19)15(4)22/h7-9,11-12,15,24H,6H2,1-5H3/b17-7+. The number of alkyl halides is 1. The highest BCUT2D eigenvalue weighted by Crippen LogP contribution is 2.37. The second-order valence-corrected chi connectivity index (χ2v) is 6.13. The van der Waals surface area contributed by atoms with Crippen molar-refractivity contribution in [3.63, 3.8) is 0 Å². The van der Waals surface area contributed by atoms with Crippen LogP contribution in [0.2, 0.25) is 0 Å². The minimum absolute atomic E-state index is 0.593. The molecule has 0 aliphatic heterocycles. The van der Waals surface area contributed by atoms with Crippen LogP contribution in [0.5, 0.6) is 0 Å². The Morgan fingerprint density at radius 2 is 2.00 bits per heavy atom.